The van der Waals surface area contributed by atoms with E-state index in [0.29, 0.717) is 36.1 Å². The second-order valence-electron chi connectivity index (χ2n) is 7.70. The summed E-state index contributed by atoms with van der Waals surface area (Å²) >= 11 is 0. The molecule has 0 bridgehead atoms. The molecule has 154 valence electrons. The van der Waals surface area contributed by atoms with E-state index in [4.69, 9.17) is 0 Å². The van der Waals surface area contributed by atoms with E-state index >= 15 is 0 Å². The van der Waals surface area contributed by atoms with Gasteiger partial charge in [0.2, 0.25) is 5.91 Å². The fraction of sp³-hybridized carbons (Fsp3) is 0.391. The number of carbonyl (C=O) groups excluding carboxylic acids is 2. The van der Waals surface area contributed by atoms with E-state index in [0.717, 1.165) is 31.5 Å². The molecule has 1 fully saturated rings. The number of nitrogens with one attached hydrogen (secondary N) is 3. The molecule has 1 heterocycles. The lowest BCUT2D eigenvalue weighted by molar-refractivity contribution is -0.122. The molecule has 5 nitrogen and oxygen atoms in total. The van der Waals surface area contributed by atoms with E-state index in [1.807, 2.05) is 12.1 Å². The Morgan fingerprint density at radius 2 is 1.72 bits per heavy atom. The Kier molecular flexibility index (Phi) is 7.36. The van der Waals surface area contributed by atoms with Crippen molar-refractivity contribution in [2.24, 2.45) is 11.8 Å². The van der Waals surface area contributed by atoms with Crippen LogP contribution in [-0.4, -0.2) is 24.9 Å². The molecule has 0 saturated carbocycles. The summed E-state index contributed by atoms with van der Waals surface area (Å²) in [5, 5.41) is 9.12. The van der Waals surface area contributed by atoms with E-state index in [1.165, 1.54) is 24.3 Å². The smallest absolute Gasteiger partial charge is 0.255 e. The summed E-state index contributed by atoms with van der Waals surface area (Å²) < 4.78 is 13.0. The van der Waals surface area contributed by atoms with E-state index in [1.54, 1.807) is 12.1 Å². The molecular weight excluding hydrogens is 369 g/mol. The number of hydrogen-bond acceptors (Lipinski definition) is 3. The quantitative estimate of drug-likeness (QED) is 0.667. The predicted octanol–water partition coefficient (Wildman–Crippen LogP) is 3.72. The molecule has 1 unspecified atom stereocenters. The molecule has 1 aliphatic rings. The van der Waals surface area contributed by atoms with Crippen LogP contribution in [0.3, 0.4) is 0 Å². The summed E-state index contributed by atoms with van der Waals surface area (Å²) in [5.74, 6) is 0.410. The molecule has 2 amide bonds. The Bertz CT molecular complexity index is 815. The van der Waals surface area contributed by atoms with Crippen molar-refractivity contribution >= 4 is 17.5 Å². The van der Waals surface area contributed by atoms with E-state index < -0.39 is 0 Å². The zero-order chi connectivity index (χ0) is 20.6. The summed E-state index contributed by atoms with van der Waals surface area (Å²) in [6, 6.07) is 12.7. The Morgan fingerprint density at radius 3 is 2.38 bits per heavy atom. The largest absolute Gasteiger partial charge is 0.352 e. The van der Waals surface area contributed by atoms with Crippen LogP contribution in [0.25, 0.3) is 0 Å². The van der Waals surface area contributed by atoms with Crippen LogP contribution < -0.4 is 16.0 Å². The van der Waals surface area contributed by atoms with Gasteiger partial charge in [-0.1, -0.05) is 19.1 Å². The normalized spacial score (nSPS) is 15.5. The number of benzene rings is 2. The van der Waals surface area contributed by atoms with Gasteiger partial charge in [0.25, 0.3) is 5.91 Å². The minimum absolute atomic E-state index is 0.0738. The maximum atomic E-state index is 13.0. The molecule has 2 aromatic carbocycles. The lowest BCUT2D eigenvalue weighted by atomic mass is 9.84. The Balaban J connectivity index is 1.44. The van der Waals surface area contributed by atoms with Crippen molar-refractivity contribution < 1.29 is 14.0 Å². The number of rotatable bonds is 7. The van der Waals surface area contributed by atoms with Gasteiger partial charge in [0.05, 0.1) is 0 Å². The first-order chi connectivity index (χ1) is 14.0. The summed E-state index contributed by atoms with van der Waals surface area (Å²) in [5.41, 5.74) is 2.01. The van der Waals surface area contributed by atoms with Gasteiger partial charge in [-0.3, -0.25) is 9.59 Å². The van der Waals surface area contributed by atoms with Crippen LogP contribution in [0.4, 0.5) is 10.1 Å². The molecule has 0 aliphatic carbocycles. The molecule has 3 N–H and O–H groups in total. The highest BCUT2D eigenvalue weighted by Gasteiger charge is 2.21. The van der Waals surface area contributed by atoms with Gasteiger partial charge in [0.1, 0.15) is 5.82 Å². The maximum Gasteiger partial charge on any atom is 0.255 e. The molecule has 29 heavy (non-hydrogen) atoms. The number of amides is 2. The van der Waals surface area contributed by atoms with Crippen LogP contribution in [0.15, 0.2) is 48.5 Å². The van der Waals surface area contributed by atoms with Crippen LogP contribution >= 0.6 is 0 Å². The third-order valence-electron chi connectivity index (χ3n) is 5.50. The maximum absolute atomic E-state index is 13.0. The van der Waals surface area contributed by atoms with E-state index in [2.05, 4.69) is 22.9 Å². The van der Waals surface area contributed by atoms with Gasteiger partial charge in [-0.05, 0) is 79.7 Å². The monoisotopic (exact) mass is 397 g/mol. The van der Waals surface area contributed by atoms with Crippen LogP contribution in [0.5, 0.6) is 0 Å². The first-order valence-corrected chi connectivity index (χ1v) is 10.1. The molecular formula is C23H28FN3O2. The van der Waals surface area contributed by atoms with Gasteiger partial charge >= 0.3 is 0 Å². The van der Waals surface area contributed by atoms with Gasteiger partial charge in [0, 0.05) is 24.2 Å². The fourth-order valence-corrected chi connectivity index (χ4v) is 3.66. The van der Waals surface area contributed by atoms with Crippen molar-refractivity contribution in [3.63, 3.8) is 0 Å². The van der Waals surface area contributed by atoms with Gasteiger partial charge in [-0.25, -0.2) is 4.39 Å². The summed E-state index contributed by atoms with van der Waals surface area (Å²) in [7, 11) is 0. The van der Waals surface area contributed by atoms with Crippen molar-refractivity contribution in [1.29, 1.82) is 0 Å². The van der Waals surface area contributed by atoms with E-state index in [-0.39, 0.29) is 17.6 Å². The van der Waals surface area contributed by atoms with Crippen molar-refractivity contribution in [2.45, 2.75) is 32.7 Å². The Labute approximate surface area is 171 Å². The van der Waals surface area contributed by atoms with Crippen LogP contribution in [0.1, 0.15) is 42.1 Å². The van der Waals surface area contributed by atoms with Crippen LogP contribution in [0.2, 0.25) is 0 Å². The average Bonchev–Trinajstić information content (AvgIpc) is 2.74. The zero-order valence-corrected chi connectivity index (χ0v) is 16.7. The lowest BCUT2D eigenvalue weighted by Gasteiger charge is -2.27. The Hall–Kier alpha value is -2.73. The minimum Gasteiger partial charge on any atom is -0.352 e. The van der Waals surface area contributed by atoms with Crippen LogP contribution in [0, 0.1) is 17.7 Å². The van der Waals surface area contributed by atoms with Crippen molar-refractivity contribution in [1.82, 2.24) is 10.6 Å². The molecule has 2 aromatic rings. The summed E-state index contributed by atoms with van der Waals surface area (Å²) in [6.45, 7) is 4.71. The molecule has 1 saturated heterocycles. The highest BCUT2D eigenvalue weighted by molar-refractivity contribution is 6.04. The second-order valence-corrected chi connectivity index (χ2v) is 7.70. The molecule has 3 rings (SSSR count). The van der Waals surface area contributed by atoms with Gasteiger partial charge < -0.3 is 16.0 Å². The number of halogens is 1. The third-order valence-corrected chi connectivity index (χ3v) is 5.50. The highest BCUT2D eigenvalue weighted by atomic mass is 19.1. The topological polar surface area (TPSA) is 70.2 Å². The standard InChI is InChI=1S/C23H28FN3O2/c1-16(18-10-12-25-13-11-18)14-22(28)26-15-17-2-8-21(9-3-17)27-23(29)19-4-6-20(24)7-5-19/h2-9,16,18,25H,10-15H2,1H3,(H,26,28)(H,27,29). The first kappa shape index (κ1) is 21.0. The first-order valence-electron chi connectivity index (χ1n) is 10.1. The van der Waals surface area contributed by atoms with Crippen LogP contribution in [-0.2, 0) is 11.3 Å². The number of piperidine rings is 1. The number of hydrogen-bond donors (Lipinski definition) is 3. The predicted molar refractivity (Wildman–Crippen MR) is 112 cm³/mol. The molecule has 0 aromatic heterocycles. The Morgan fingerprint density at radius 1 is 1.07 bits per heavy atom. The SMILES string of the molecule is CC(CC(=O)NCc1ccc(NC(=O)c2ccc(F)cc2)cc1)C1CCNCC1. The lowest BCUT2D eigenvalue weighted by Crippen LogP contribution is -2.33. The third kappa shape index (κ3) is 6.39. The number of carbonyl (C=O) groups is 2. The minimum atomic E-state index is -0.377. The van der Waals surface area contributed by atoms with E-state index in [9.17, 15) is 14.0 Å². The van der Waals surface area contributed by atoms with Crippen molar-refractivity contribution in [3.8, 4) is 0 Å². The fourth-order valence-electron chi connectivity index (χ4n) is 3.66. The molecule has 0 radical (unpaired) electrons. The molecule has 0 spiro atoms. The van der Waals surface area contributed by atoms with Gasteiger partial charge in [0.15, 0.2) is 0 Å². The molecule has 6 heteroatoms. The average molecular weight is 397 g/mol. The van der Waals surface area contributed by atoms with Gasteiger partial charge in [-0.15, -0.1) is 0 Å². The van der Waals surface area contributed by atoms with Crippen molar-refractivity contribution in [2.75, 3.05) is 18.4 Å². The summed E-state index contributed by atoms with van der Waals surface area (Å²) in [6.07, 6.45) is 2.83. The van der Waals surface area contributed by atoms with Crippen molar-refractivity contribution in [3.05, 3.63) is 65.5 Å². The second kappa shape index (κ2) is 10.2. The molecule has 1 aliphatic heterocycles. The molecule has 1 atom stereocenters. The number of anilines is 1. The zero-order valence-electron chi connectivity index (χ0n) is 16.7. The highest BCUT2D eigenvalue weighted by Crippen LogP contribution is 2.24. The summed E-state index contributed by atoms with van der Waals surface area (Å²) in [4.78, 5) is 24.4. The van der Waals surface area contributed by atoms with Gasteiger partial charge in [-0.2, -0.15) is 0 Å².